The fourth-order valence-corrected chi connectivity index (χ4v) is 3.04. The number of furan rings is 1. The zero-order chi connectivity index (χ0) is 17.1. The van der Waals surface area contributed by atoms with E-state index in [1.54, 1.807) is 19.0 Å². The number of amides is 1. The van der Waals surface area contributed by atoms with Crippen LogP contribution in [0.2, 0.25) is 0 Å². The van der Waals surface area contributed by atoms with Crippen molar-refractivity contribution >= 4 is 5.91 Å². The van der Waals surface area contributed by atoms with Crippen LogP contribution in [0.1, 0.15) is 36.3 Å². The summed E-state index contributed by atoms with van der Waals surface area (Å²) in [4.78, 5) is 14.1. The van der Waals surface area contributed by atoms with Crippen LogP contribution < -0.4 is 5.32 Å². The summed E-state index contributed by atoms with van der Waals surface area (Å²) < 4.78 is 5.93. The SMILES string of the molecule is CC1CC1c1ccc(CNC(Cc2ccccc2)C(=O)N(C)C)o1. The lowest BCUT2D eigenvalue weighted by molar-refractivity contribution is -0.130. The third kappa shape index (κ3) is 4.06. The fourth-order valence-electron chi connectivity index (χ4n) is 3.04. The molecular formula is C20H26N2O2. The molecule has 0 radical (unpaired) electrons. The van der Waals surface area contributed by atoms with Gasteiger partial charge in [-0.2, -0.15) is 0 Å². The van der Waals surface area contributed by atoms with E-state index >= 15 is 0 Å². The van der Waals surface area contributed by atoms with Gasteiger partial charge in [0.15, 0.2) is 0 Å². The summed E-state index contributed by atoms with van der Waals surface area (Å²) in [6.45, 7) is 2.81. The van der Waals surface area contributed by atoms with Crippen LogP contribution in [0.3, 0.4) is 0 Å². The Labute approximate surface area is 143 Å². The lowest BCUT2D eigenvalue weighted by Crippen LogP contribution is -2.44. The lowest BCUT2D eigenvalue weighted by atomic mass is 10.0. The van der Waals surface area contributed by atoms with Gasteiger partial charge in [-0.1, -0.05) is 37.3 Å². The first-order valence-corrected chi connectivity index (χ1v) is 8.61. The second kappa shape index (κ2) is 7.22. The largest absolute Gasteiger partial charge is 0.464 e. The van der Waals surface area contributed by atoms with E-state index in [4.69, 9.17) is 4.42 Å². The van der Waals surface area contributed by atoms with E-state index in [2.05, 4.69) is 30.4 Å². The highest BCUT2D eigenvalue weighted by atomic mass is 16.3. The lowest BCUT2D eigenvalue weighted by Gasteiger charge is -2.21. The van der Waals surface area contributed by atoms with E-state index in [9.17, 15) is 4.79 Å². The maximum atomic E-state index is 12.5. The van der Waals surface area contributed by atoms with Gasteiger partial charge in [-0.25, -0.2) is 0 Å². The summed E-state index contributed by atoms with van der Waals surface area (Å²) in [6, 6.07) is 13.9. The van der Waals surface area contributed by atoms with Gasteiger partial charge in [0.05, 0.1) is 12.6 Å². The van der Waals surface area contributed by atoms with Crippen molar-refractivity contribution in [3.8, 4) is 0 Å². The summed E-state index contributed by atoms with van der Waals surface area (Å²) in [5.74, 6) is 3.38. The number of hydrogen-bond acceptors (Lipinski definition) is 3. The highest BCUT2D eigenvalue weighted by Gasteiger charge is 2.36. The van der Waals surface area contributed by atoms with Gasteiger partial charge in [-0.15, -0.1) is 0 Å². The molecule has 128 valence electrons. The Morgan fingerprint density at radius 1 is 1.25 bits per heavy atom. The molecule has 1 aliphatic carbocycles. The Kier molecular flexibility index (Phi) is 5.05. The summed E-state index contributed by atoms with van der Waals surface area (Å²) in [5.41, 5.74) is 1.15. The average molecular weight is 326 g/mol. The molecule has 0 bridgehead atoms. The number of nitrogens with zero attached hydrogens (tertiary/aromatic N) is 1. The minimum Gasteiger partial charge on any atom is -0.464 e. The Balaban J connectivity index is 1.63. The monoisotopic (exact) mass is 326 g/mol. The summed E-state index contributed by atoms with van der Waals surface area (Å²) in [7, 11) is 3.59. The molecule has 3 atom stereocenters. The molecule has 3 rings (SSSR count). The van der Waals surface area contributed by atoms with E-state index in [0.717, 1.165) is 23.0 Å². The Morgan fingerprint density at radius 3 is 2.58 bits per heavy atom. The molecule has 1 N–H and O–H groups in total. The number of nitrogens with one attached hydrogen (secondary N) is 1. The molecule has 1 amide bonds. The molecule has 0 spiro atoms. The van der Waals surface area contributed by atoms with Gasteiger partial charge in [0.2, 0.25) is 5.91 Å². The smallest absolute Gasteiger partial charge is 0.239 e. The molecule has 1 saturated carbocycles. The molecule has 0 aliphatic heterocycles. The first kappa shape index (κ1) is 16.8. The van der Waals surface area contributed by atoms with Crippen LogP contribution in [0.25, 0.3) is 0 Å². The van der Waals surface area contributed by atoms with Crippen molar-refractivity contribution in [1.29, 1.82) is 0 Å². The number of hydrogen-bond donors (Lipinski definition) is 1. The predicted molar refractivity (Wildman–Crippen MR) is 94.7 cm³/mol. The van der Waals surface area contributed by atoms with E-state index in [0.29, 0.717) is 18.9 Å². The minimum atomic E-state index is -0.254. The van der Waals surface area contributed by atoms with Crippen LogP contribution in [0.15, 0.2) is 46.9 Å². The maximum absolute atomic E-state index is 12.5. The van der Waals surface area contributed by atoms with Crippen LogP contribution in [-0.4, -0.2) is 30.9 Å². The first-order chi connectivity index (χ1) is 11.5. The quantitative estimate of drug-likeness (QED) is 0.850. The maximum Gasteiger partial charge on any atom is 0.239 e. The molecule has 4 heteroatoms. The van der Waals surface area contributed by atoms with Crippen LogP contribution in [0.4, 0.5) is 0 Å². The number of rotatable bonds is 7. The second-order valence-corrected chi connectivity index (χ2v) is 6.98. The minimum absolute atomic E-state index is 0.0847. The second-order valence-electron chi connectivity index (χ2n) is 6.98. The van der Waals surface area contributed by atoms with Gasteiger partial charge in [0.25, 0.3) is 0 Å². The van der Waals surface area contributed by atoms with Gasteiger partial charge < -0.3 is 9.32 Å². The molecule has 1 aliphatic rings. The average Bonchev–Trinajstić information content (AvgIpc) is 3.12. The third-order valence-corrected chi connectivity index (χ3v) is 4.70. The van der Waals surface area contributed by atoms with Crippen molar-refractivity contribution in [2.24, 2.45) is 5.92 Å². The molecule has 4 nitrogen and oxygen atoms in total. The van der Waals surface area contributed by atoms with Gasteiger partial charge >= 0.3 is 0 Å². The normalized spacial score (nSPS) is 20.6. The van der Waals surface area contributed by atoms with E-state index in [-0.39, 0.29) is 11.9 Å². The first-order valence-electron chi connectivity index (χ1n) is 8.61. The molecule has 1 heterocycles. The van der Waals surface area contributed by atoms with Gasteiger partial charge in [0.1, 0.15) is 11.5 Å². The predicted octanol–water partition coefficient (Wildman–Crippen LogP) is 3.19. The fraction of sp³-hybridized carbons (Fsp3) is 0.450. The summed E-state index contributed by atoms with van der Waals surface area (Å²) in [5, 5.41) is 3.36. The topological polar surface area (TPSA) is 45.5 Å². The molecule has 1 fully saturated rings. The Bertz CT molecular complexity index is 678. The molecule has 2 aromatic rings. The molecule has 3 unspecified atom stereocenters. The van der Waals surface area contributed by atoms with Crippen molar-refractivity contribution in [3.63, 3.8) is 0 Å². The van der Waals surface area contributed by atoms with Crippen molar-refractivity contribution < 1.29 is 9.21 Å². The van der Waals surface area contributed by atoms with E-state index in [1.165, 1.54) is 6.42 Å². The highest BCUT2D eigenvalue weighted by molar-refractivity contribution is 5.81. The van der Waals surface area contributed by atoms with Gasteiger partial charge in [0, 0.05) is 20.0 Å². The zero-order valence-electron chi connectivity index (χ0n) is 14.7. The number of carbonyl (C=O) groups excluding carboxylic acids is 1. The molecule has 1 aromatic carbocycles. The zero-order valence-corrected chi connectivity index (χ0v) is 14.7. The number of carbonyl (C=O) groups is 1. The molecular weight excluding hydrogens is 300 g/mol. The van der Waals surface area contributed by atoms with Crippen molar-refractivity contribution in [1.82, 2.24) is 10.2 Å². The van der Waals surface area contributed by atoms with Gasteiger partial charge in [-0.3, -0.25) is 10.1 Å². The standard InChI is InChI=1S/C20H26N2O2/c1-14-11-17(14)19-10-9-16(24-19)13-21-18(20(23)22(2)3)12-15-7-5-4-6-8-15/h4-10,14,17-18,21H,11-13H2,1-3H3. The van der Waals surface area contributed by atoms with Crippen molar-refractivity contribution in [3.05, 3.63) is 59.5 Å². The van der Waals surface area contributed by atoms with Crippen molar-refractivity contribution in [2.45, 2.75) is 38.3 Å². The summed E-state index contributed by atoms with van der Waals surface area (Å²) in [6.07, 6.45) is 1.89. The number of benzene rings is 1. The van der Waals surface area contributed by atoms with E-state index < -0.39 is 0 Å². The Hall–Kier alpha value is -2.07. The molecule has 1 aromatic heterocycles. The molecule has 0 saturated heterocycles. The van der Waals surface area contributed by atoms with Crippen LogP contribution in [-0.2, 0) is 17.8 Å². The van der Waals surface area contributed by atoms with Crippen LogP contribution in [0.5, 0.6) is 0 Å². The van der Waals surface area contributed by atoms with Gasteiger partial charge in [-0.05, 0) is 36.5 Å². The Morgan fingerprint density at radius 2 is 1.96 bits per heavy atom. The van der Waals surface area contributed by atoms with Crippen LogP contribution in [0, 0.1) is 5.92 Å². The number of likely N-dealkylation sites (N-methyl/N-ethyl adjacent to an activating group) is 1. The third-order valence-electron chi connectivity index (χ3n) is 4.70. The van der Waals surface area contributed by atoms with Crippen LogP contribution >= 0.6 is 0 Å². The van der Waals surface area contributed by atoms with E-state index in [1.807, 2.05) is 24.3 Å². The van der Waals surface area contributed by atoms with Crippen molar-refractivity contribution in [2.75, 3.05) is 14.1 Å². The molecule has 24 heavy (non-hydrogen) atoms. The highest BCUT2D eigenvalue weighted by Crippen LogP contribution is 2.47. The summed E-state index contributed by atoms with van der Waals surface area (Å²) >= 11 is 0.